The normalized spacial score (nSPS) is 10.9. The smallest absolute Gasteiger partial charge is 0.200 e. The Labute approximate surface area is 126 Å². The summed E-state index contributed by atoms with van der Waals surface area (Å²) < 4.78 is 1.62. The summed E-state index contributed by atoms with van der Waals surface area (Å²) in [5, 5.41) is 4.42. The van der Waals surface area contributed by atoms with E-state index in [1.807, 2.05) is 42.5 Å². The van der Waals surface area contributed by atoms with Gasteiger partial charge in [-0.15, -0.1) is 5.10 Å². The van der Waals surface area contributed by atoms with E-state index in [9.17, 15) is 0 Å². The van der Waals surface area contributed by atoms with Gasteiger partial charge >= 0.3 is 0 Å². The van der Waals surface area contributed by atoms with Gasteiger partial charge in [0.05, 0.1) is 0 Å². The van der Waals surface area contributed by atoms with E-state index in [0.29, 0.717) is 17.3 Å². The maximum absolute atomic E-state index is 6.11. The number of aromatic nitrogens is 5. The number of fused-ring (bicyclic) bond motifs is 1. The molecule has 6 heteroatoms. The molecule has 0 fully saturated rings. The fourth-order valence-corrected chi connectivity index (χ4v) is 2.32. The Hall–Kier alpha value is -3.28. The summed E-state index contributed by atoms with van der Waals surface area (Å²) in [6, 6.07) is 13.3. The molecule has 0 saturated heterocycles. The van der Waals surface area contributed by atoms with Crippen LogP contribution in [0.4, 0.5) is 5.82 Å². The lowest BCUT2D eigenvalue weighted by Gasteiger charge is -2.03. The molecule has 0 atom stereocenters. The lowest BCUT2D eigenvalue weighted by Crippen LogP contribution is -1.99. The minimum absolute atomic E-state index is 0.527. The van der Waals surface area contributed by atoms with Crippen molar-refractivity contribution in [2.45, 2.75) is 0 Å². The van der Waals surface area contributed by atoms with Crippen molar-refractivity contribution in [3.63, 3.8) is 0 Å². The Kier molecular flexibility index (Phi) is 2.79. The Morgan fingerprint density at radius 2 is 1.77 bits per heavy atom. The first kappa shape index (κ1) is 12.5. The van der Waals surface area contributed by atoms with Crippen molar-refractivity contribution in [1.82, 2.24) is 24.6 Å². The third-order valence-corrected chi connectivity index (χ3v) is 3.37. The zero-order chi connectivity index (χ0) is 14.9. The van der Waals surface area contributed by atoms with Crippen molar-refractivity contribution in [2.75, 3.05) is 5.73 Å². The van der Waals surface area contributed by atoms with E-state index < -0.39 is 0 Å². The van der Waals surface area contributed by atoms with Crippen molar-refractivity contribution in [3.05, 3.63) is 61.1 Å². The third kappa shape index (κ3) is 2.07. The molecule has 106 valence electrons. The van der Waals surface area contributed by atoms with E-state index in [0.717, 1.165) is 16.8 Å². The van der Waals surface area contributed by atoms with Gasteiger partial charge in [0.15, 0.2) is 5.65 Å². The lowest BCUT2D eigenvalue weighted by atomic mass is 10.1. The Bertz CT molecular complexity index is 931. The molecular weight excluding hydrogens is 276 g/mol. The molecule has 0 saturated carbocycles. The van der Waals surface area contributed by atoms with Crippen LogP contribution < -0.4 is 5.73 Å². The predicted molar refractivity (Wildman–Crippen MR) is 83.9 cm³/mol. The third-order valence-electron chi connectivity index (χ3n) is 3.37. The molecule has 0 aliphatic heterocycles. The number of hydrogen-bond donors (Lipinski definition) is 1. The van der Waals surface area contributed by atoms with Crippen LogP contribution in [0.15, 0.2) is 61.1 Å². The maximum atomic E-state index is 6.11. The van der Waals surface area contributed by atoms with E-state index in [1.165, 1.54) is 0 Å². The van der Waals surface area contributed by atoms with Crippen LogP contribution in [0, 0.1) is 0 Å². The van der Waals surface area contributed by atoms with Gasteiger partial charge in [0.1, 0.15) is 11.5 Å². The molecular formula is C16H12N6. The topological polar surface area (TPSA) is 82.0 Å². The molecule has 0 spiro atoms. The highest BCUT2D eigenvalue weighted by molar-refractivity contribution is 5.71. The quantitative estimate of drug-likeness (QED) is 0.612. The second-order valence-electron chi connectivity index (χ2n) is 4.83. The van der Waals surface area contributed by atoms with Gasteiger partial charge in [0, 0.05) is 18.6 Å². The number of nitrogen functional groups attached to an aromatic ring is 1. The molecule has 0 aliphatic rings. The summed E-state index contributed by atoms with van der Waals surface area (Å²) in [6.45, 7) is 0. The molecule has 4 heterocycles. The second-order valence-corrected chi connectivity index (χ2v) is 4.83. The van der Waals surface area contributed by atoms with Crippen LogP contribution in [0.3, 0.4) is 0 Å². The average Bonchev–Trinajstić information content (AvgIpc) is 3.01. The van der Waals surface area contributed by atoms with Crippen LogP contribution in [-0.4, -0.2) is 24.6 Å². The van der Waals surface area contributed by atoms with Crippen molar-refractivity contribution in [3.8, 4) is 22.6 Å². The number of anilines is 1. The molecule has 4 aromatic rings. The van der Waals surface area contributed by atoms with Gasteiger partial charge in [-0.05, 0) is 47.5 Å². The van der Waals surface area contributed by atoms with Crippen LogP contribution in [0.2, 0.25) is 0 Å². The second kappa shape index (κ2) is 4.92. The predicted octanol–water partition coefficient (Wildman–Crippen LogP) is 2.44. The van der Waals surface area contributed by atoms with Gasteiger partial charge in [-0.1, -0.05) is 6.07 Å². The van der Waals surface area contributed by atoms with Gasteiger partial charge in [0.2, 0.25) is 5.82 Å². The number of hydrogen-bond acceptors (Lipinski definition) is 5. The minimum Gasteiger partial charge on any atom is -0.384 e. The Balaban J connectivity index is 1.88. The summed E-state index contributed by atoms with van der Waals surface area (Å²) >= 11 is 0. The molecule has 0 amide bonds. The van der Waals surface area contributed by atoms with Crippen LogP contribution >= 0.6 is 0 Å². The summed E-state index contributed by atoms with van der Waals surface area (Å²) in [6.07, 6.45) is 5.21. The SMILES string of the molecule is Nc1cc(-c2ccncc2)cc2nc(-c3ccccn3)nn12. The molecule has 0 radical (unpaired) electrons. The molecule has 0 bridgehead atoms. The molecule has 4 aromatic heterocycles. The summed E-state index contributed by atoms with van der Waals surface area (Å²) in [7, 11) is 0. The average molecular weight is 288 g/mol. The molecule has 4 rings (SSSR count). The highest BCUT2D eigenvalue weighted by atomic mass is 15.3. The highest BCUT2D eigenvalue weighted by Crippen LogP contribution is 2.24. The van der Waals surface area contributed by atoms with Gasteiger partial charge < -0.3 is 5.73 Å². The highest BCUT2D eigenvalue weighted by Gasteiger charge is 2.11. The van der Waals surface area contributed by atoms with E-state index in [4.69, 9.17) is 5.73 Å². The Morgan fingerprint density at radius 1 is 0.909 bits per heavy atom. The first-order valence-corrected chi connectivity index (χ1v) is 6.79. The van der Waals surface area contributed by atoms with Crippen molar-refractivity contribution < 1.29 is 0 Å². The molecule has 2 N–H and O–H groups in total. The largest absolute Gasteiger partial charge is 0.384 e. The number of nitrogens with two attached hydrogens (primary N) is 1. The van der Waals surface area contributed by atoms with E-state index in [1.54, 1.807) is 23.1 Å². The van der Waals surface area contributed by atoms with Crippen LogP contribution in [0.1, 0.15) is 0 Å². The van der Waals surface area contributed by atoms with Gasteiger partial charge in [0.25, 0.3) is 0 Å². The molecule has 0 aliphatic carbocycles. The van der Waals surface area contributed by atoms with Gasteiger partial charge in [-0.25, -0.2) is 4.98 Å². The van der Waals surface area contributed by atoms with Gasteiger partial charge in [-0.2, -0.15) is 4.52 Å². The maximum Gasteiger partial charge on any atom is 0.200 e. The molecule has 22 heavy (non-hydrogen) atoms. The zero-order valence-electron chi connectivity index (χ0n) is 11.6. The first-order chi connectivity index (χ1) is 10.8. The van der Waals surface area contributed by atoms with Crippen molar-refractivity contribution in [1.29, 1.82) is 0 Å². The summed E-state index contributed by atoms with van der Waals surface area (Å²) in [5.74, 6) is 1.08. The zero-order valence-corrected chi connectivity index (χ0v) is 11.6. The lowest BCUT2D eigenvalue weighted by molar-refractivity contribution is 0.975. The van der Waals surface area contributed by atoms with Crippen LogP contribution in [-0.2, 0) is 0 Å². The number of pyridine rings is 3. The Morgan fingerprint density at radius 3 is 2.55 bits per heavy atom. The monoisotopic (exact) mass is 288 g/mol. The standard InChI is InChI=1S/C16H12N6/c17-14-9-12(11-4-7-18-8-5-11)10-15-20-16(21-22(14)15)13-3-1-2-6-19-13/h1-10H,17H2. The van der Waals surface area contributed by atoms with Gasteiger partial charge in [-0.3, -0.25) is 9.97 Å². The van der Waals surface area contributed by atoms with E-state index >= 15 is 0 Å². The summed E-state index contributed by atoms with van der Waals surface area (Å²) in [4.78, 5) is 12.8. The summed E-state index contributed by atoms with van der Waals surface area (Å²) in [5.41, 5.74) is 9.53. The fraction of sp³-hybridized carbons (Fsp3) is 0. The van der Waals surface area contributed by atoms with E-state index in [2.05, 4.69) is 20.1 Å². The minimum atomic E-state index is 0.527. The first-order valence-electron chi connectivity index (χ1n) is 6.79. The van der Waals surface area contributed by atoms with E-state index in [-0.39, 0.29) is 0 Å². The van der Waals surface area contributed by atoms with Crippen LogP contribution in [0.25, 0.3) is 28.3 Å². The number of rotatable bonds is 2. The molecule has 0 aromatic carbocycles. The van der Waals surface area contributed by atoms with Crippen LogP contribution in [0.5, 0.6) is 0 Å². The fourth-order valence-electron chi connectivity index (χ4n) is 2.32. The van der Waals surface area contributed by atoms with Crippen molar-refractivity contribution in [2.24, 2.45) is 0 Å². The molecule has 6 nitrogen and oxygen atoms in total. The number of nitrogens with zero attached hydrogens (tertiary/aromatic N) is 5. The van der Waals surface area contributed by atoms with Crippen molar-refractivity contribution >= 4 is 11.5 Å². The molecule has 0 unspecified atom stereocenters.